The lowest BCUT2D eigenvalue weighted by atomic mass is 10.1. The molecule has 0 radical (unpaired) electrons. The summed E-state index contributed by atoms with van der Waals surface area (Å²) in [5, 5.41) is 5.65. The Morgan fingerprint density at radius 1 is 1.32 bits per heavy atom. The molecular formula is C14H12F3N3O5. The van der Waals surface area contributed by atoms with Crippen LogP contribution in [0.2, 0.25) is 0 Å². The van der Waals surface area contributed by atoms with E-state index in [1.165, 1.54) is 12.1 Å². The number of aromatic nitrogens is 2. The Bertz CT molecular complexity index is 760. The van der Waals surface area contributed by atoms with Crippen LogP contribution in [0, 0.1) is 0 Å². The number of carbonyl (C=O) groups excluding carboxylic acids is 2. The summed E-state index contributed by atoms with van der Waals surface area (Å²) >= 11 is 0. The standard InChI is InChI=1S/C14H12F3N3O5/c1-23-13(22)18-6-11(21)24-7-10-19-12(20-25-10)8-3-2-4-9(5-8)14(15,16)17/h2-5H,6-7H2,1H3,(H,18,22). The summed E-state index contributed by atoms with van der Waals surface area (Å²) in [6.07, 6.45) is -5.30. The highest BCUT2D eigenvalue weighted by Crippen LogP contribution is 2.31. The summed E-state index contributed by atoms with van der Waals surface area (Å²) in [5.41, 5.74) is -0.750. The minimum absolute atomic E-state index is 0.0789. The van der Waals surface area contributed by atoms with Crippen molar-refractivity contribution in [3.8, 4) is 11.4 Å². The number of amides is 1. The number of nitrogens with one attached hydrogen (secondary N) is 1. The van der Waals surface area contributed by atoms with Crippen molar-refractivity contribution in [1.29, 1.82) is 0 Å². The number of carbonyl (C=O) groups is 2. The number of hydrogen-bond acceptors (Lipinski definition) is 7. The third-order valence-electron chi connectivity index (χ3n) is 2.84. The molecule has 0 unspecified atom stereocenters. The highest BCUT2D eigenvalue weighted by molar-refractivity contribution is 5.77. The molecule has 8 nitrogen and oxygen atoms in total. The molecule has 0 bridgehead atoms. The normalized spacial score (nSPS) is 11.0. The number of benzene rings is 1. The highest BCUT2D eigenvalue weighted by atomic mass is 19.4. The summed E-state index contributed by atoms with van der Waals surface area (Å²) in [6.45, 7) is -0.824. The van der Waals surface area contributed by atoms with Gasteiger partial charge in [0.25, 0.3) is 5.89 Å². The Morgan fingerprint density at radius 2 is 2.08 bits per heavy atom. The smallest absolute Gasteiger partial charge is 0.416 e. The zero-order chi connectivity index (χ0) is 18.4. The minimum Gasteiger partial charge on any atom is -0.454 e. The molecule has 0 fully saturated rings. The summed E-state index contributed by atoms with van der Waals surface area (Å²) in [7, 11) is 1.13. The number of methoxy groups -OCH3 is 1. The average Bonchev–Trinajstić information content (AvgIpc) is 3.06. The summed E-state index contributed by atoms with van der Waals surface area (Å²) in [5.74, 6) is -0.979. The van der Waals surface area contributed by atoms with Gasteiger partial charge in [0.05, 0.1) is 12.7 Å². The SMILES string of the molecule is COC(=O)NCC(=O)OCc1nc(-c2cccc(C(F)(F)F)c2)no1. The quantitative estimate of drug-likeness (QED) is 0.816. The van der Waals surface area contributed by atoms with E-state index in [1.54, 1.807) is 0 Å². The van der Waals surface area contributed by atoms with Gasteiger partial charge in [-0.15, -0.1) is 0 Å². The van der Waals surface area contributed by atoms with Gasteiger partial charge in [0.1, 0.15) is 6.54 Å². The van der Waals surface area contributed by atoms with Gasteiger partial charge in [-0.2, -0.15) is 18.2 Å². The van der Waals surface area contributed by atoms with Gasteiger partial charge in [-0.3, -0.25) is 4.79 Å². The van der Waals surface area contributed by atoms with Crippen LogP contribution in [-0.2, 0) is 27.1 Å². The van der Waals surface area contributed by atoms with Crippen molar-refractivity contribution >= 4 is 12.1 Å². The molecule has 25 heavy (non-hydrogen) atoms. The first kappa shape index (κ1) is 18.2. The molecule has 1 aromatic carbocycles. The number of hydrogen-bond donors (Lipinski definition) is 1. The molecule has 1 heterocycles. The fourth-order valence-corrected chi connectivity index (χ4v) is 1.68. The number of nitrogens with zero attached hydrogens (tertiary/aromatic N) is 2. The molecule has 0 aliphatic rings. The second kappa shape index (κ2) is 7.64. The largest absolute Gasteiger partial charge is 0.454 e. The zero-order valence-electron chi connectivity index (χ0n) is 12.8. The number of alkyl carbamates (subject to hydrolysis) is 1. The van der Waals surface area contributed by atoms with Crippen molar-refractivity contribution in [2.45, 2.75) is 12.8 Å². The number of alkyl halides is 3. The number of halogens is 3. The maximum atomic E-state index is 12.7. The van der Waals surface area contributed by atoms with Gasteiger partial charge in [0.2, 0.25) is 5.82 Å². The van der Waals surface area contributed by atoms with Crippen LogP contribution in [0.5, 0.6) is 0 Å². The third kappa shape index (κ3) is 5.19. The van der Waals surface area contributed by atoms with Crippen molar-refractivity contribution in [2.24, 2.45) is 0 Å². The number of rotatable bonds is 5. The van der Waals surface area contributed by atoms with Crippen LogP contribution in [0.3, 0.4) is 0 Å². The van der Waals surface area contributed by atoms with Gasteiger partial charge < -0.3 is 19.3 Å². The highest BCUT2D eigenvalue weighted by Gasteiger charge is 2.30. The van der Waals surface area contributed by atoms with Gasteiger partial charge in [-0.25, -0.2) is 4.79 Å². The molecule has 11 heteroatoms. The number of ether oxygens (including phenoxy) is 2. The molecule has 0 atom stereocenters. The summed E-state index contributed by atoms with van der Waals surface area (Å²) in [6, 6.07) is 4.39. The predicted octanol–water partition coefficient (Wildman–Crippen LogP) is 2.15. The van der Waals surface area contributed by atoms with Crippen molar-refractivity contribution in [2.75, 3.05) is 13.7 Å². The molecular weight excluding hydrogens is 347 g/mol. The maximum Gasteiger partial charge on any atom is 0.416 e. The molecule has 0 saturated carbocycles. The van der Waals surface area contributed by atoms with Crippen LogP contribution in [-0.4, -0.2) is 35.9 Å². The second-order valence-corrected chi connectivity index (χ2v) is 4.60. The first-order valence-corrected chi connectivity index (χ1v) is 6.77. The van der Waals surface area contributed by atoms with E-state index in [-0.39, 0.29) is 17.3 Å². The van der Waals surface area contributed by atoms with E-state index >= 15 is 0 Å². The summed E-state index contributed by atoms with van der Waals surface area (Å²) < 4.78 is 51.9. The lowest BCUT2D eigenvalue weighted by Gasteiger charge is -2.06. The van der Waals surface area contributed by atoms with E-state index in [4.69, 9.17) is 9.26 Å². The number of esters is 1. The van der Waals surface area contributed by atoms with Gasteiger partial charge in [-0.1, -0.05) is 17.3 Å². The fourth-order valence-electron chi connectivity index (χ4n) is 1.68. The Kier molecular flexibility index (Phi) is 5.57. The van der Waals surface area contributed by atoms with Gasteiger partial charge in [0.15, 0.2) is 6.61 Å². The van der Waals surface area contributed by atoms with Crippen LogP contribution in [0.15, 0.2) is 28.8 Å². The second-order valence-electron chi connectivity index (χ2n) is 4.60. The van der Waals surface area contributed by atoms with E-state index in [1.807, 2.05) is 0 Å². The maximum absolute atomic E-state index is 12.7. The Hall–Kier alpha value is -3.11. The topological polar surface area (TPSA) is 104 Å². The van der Waals surface area contributed by atoms with Gasteiger partial charge in [-0.05, 0) is 12.1 Å². The van der Waals surface area contributed by atoms with Crippen LogP contribution < -0.4 is 5.32 Å². The van der Waals surface area contributed by atoms with E-state index in [9.17, 15) is 22.8 Å². The average molecular weight is 359 g/mol. The van der Waals surface area contributed by atoms with Crippen molar-refractivity contribution < 1.29 is 36.8 Å². The molecule has 1 N–H and O–H groups in total. The van der Waals surface area contributed by atoms with E-state index in [0.29, 0.717) is 0 Å². The monoisotopic (exact) mass is 359 g/mol. The molecule has 0 aliphatic carbocycles. The summed E-state index contributed by atoms with van der Waals surface area (Å²) in [4.78, 5) is 26.0. The Morgan fingerprint density at radius 3 is 2.76 bits per heavy atom. The molecule has 1 aromatic heterocycles. The van der Waals surface area contributed by atoms with Crippen molar-refractivity contribution in [3.05, 3.63) is 35.7 Å². The lowest BCUT2D eigenvalue weighted by molar-refractivity contribution is -0.144. The molecule has 0 saturated heterocycles. The van der Waals surface area contributed by atoms with Crippen molar-refractivity contribution in [1.82, 2.24) is 15.5 Å². The zero-order valence-corrected chi connectivity index (χ0v) is 12.8. The van der Waals surface area contributed by atoms with Crippen LogP contribution in [0.4, 0.5) is 18.0 Å². The van der Waals surface area contributed by atoms with Gasteiger partial charge >= 0.3 is 18.2 Å². The van der Waals surface area contributed by atoms with E-state index in [0.717, 1.165) is 19.2 Å². The first-order chi connectivity index (χ1) is 11.8. The van der Waals surface area contributed by atoms with Crippen molar-refractivity contribution in [3.63, 3.8) is 0 Å². The fraction of sp³-hybridized carbons (Fsp3) is 0.286. The van der Waals surface area contributed by atoms with E-state index in [2.05, 4.69) is 20.2 Å². The van der Waals surface area contributed by atoms with Crippen LogP contribution in [0.1, 0.15) is 11.5 Å². The van der Waals surface area contributed by atoms with Crippen LogP contribution >= 0.6 is 0 Å². The molecule has 0 aliphatic heterocycles. The molecule has 2 rings (SSSR count). The first-order valence-electron chi connectivity index (χ1n) is 6.77. The van der Waals surface area contributed by atoms with E-state index < -0.39 is 37.0 Å². The van der Waals surface area contributed by atoms with Crippen LogP contribution in [0.25, 0.3) is 11.4 Å². The molecule has 134 valence electrons. The third-order valence-corrected chi connectivity index (χ3v) is 2.84. The molecule has 0 spiro atoms. The van der Waals surface area contributed by atoms with Gasteiger partial charge in [0, 0.05) is 5.56 Å². The molecule has 2 aromatic rings. The molecule has 1 amide bonds. The minimum atomic E-state index is -4.50. The Labute approximate surface area is 138 Å². The predicted molar refractivity (Wildman–Crippen MR) is 74.9 cm³/mol. The Balaban J connectivity index is 1.96. The lowest BCUT2D eigenvalue weighted by Crippen LogP contribution is -2.30.